The van der Waals surface area contributed by atoms with Gasteiger partial charge in [-0.05, 0) is 31.4 Å². The van der Waals surface area contributed by atoms with Gasteiger partial charge in [0.1, 0.15) is 4.21 Å². The highest BCUT2D eigenvalue weighted by Crippen LogP contribution is 2.25. The summed E-state index contributed by atoms with van der Waals surface area (Å²) in [5.74, 6) is 1.20. The zero-order valence-corrected chi connectivity index (χ0v) is 20.7. The van der Waals surface area contributed by atoms with Crippen LogP contribution in [0.2, 0.25) is 4.34 Å². The normalized spacial score (nSPS) is 12.1. The molecule has 11 heteroatoms. The van der Waals surface area contributed by atoms with E-state index in [4.69, 9.17) is 16.3 Å². The van der Waals surface area contributed by atoms with E-state index in [2.05, 4.69) is 34.2 Å². The summed E-state index contributed by atoms with van der Waals surface area (Å²) in [6.07, 6.45) is 0.842. The lowest BCUT2D eigenvalue weighted by Crippen LogP contribution is -2.41. The number of aliphatic imine (C=N–C) groups is 1. The van der Waals surface area contributed by atoms with Crippen LogP contribution in [0.25, 0.3) is 0 Å². The molecule has 0 radical (unpaired) electrons. The van der Waals surface area contributed by atoms with Gasteiger partial charge < -0.3 is 15.4 Å². The van der Waals surface area contributed by atoms with Crippen LogP contribution < -0.4 is 15.4 Å². The quantitative estimate of drug-likeness (QED) is 0.161. The minimum atomic E-state index is -3.52. The maximum absolute atomic E-state index is 12.1. The molecule has 0 fully saturated rings. The van der Waals surface area contributed by atoms with Gasteiger partial charge in [0.2, 0.25) is 10.0 Å². The highest BCUT2D eigenvalue weighted by Gasteiger charge is 2.15. The molecule has 0 aliphatic carbocycles. The third-order valence-corrected chi connectivity index (χ3v) is 6.22. The fourth-order valence-corrected chi connectivity index (χ4v) is 4.46. The van der Waals surface area contributed by atoms with Crippen molar-refractivity contribution in [1.29, 1.82) is 0 Å². The minimum Gasteiger partial charge on any atom is -0.381 e. The molecule has 0 saturated carbocycles. The van der Waals surface area contributed by atoms with E-state index in [1.807, 2.05) is 6.92 Å². The molecule has 1 aromatic rings. The summed E-state index contributed by atoms with van der Waals surface area (Å²) >= 11 is 6.81. The standard InChI is InChI=1S/C16H29ClN4O3S2.HI/c1-4-18-16(19-8-5-11-24-12-13(2)3)20-9-10-21-26(22,23)15-7-6-14(17)25-15;/h6-7,13,21H,4-5,8-12H2,1-3H3,(H2,18,19,20);1H. The number of hydrogen-bond acceptors (Lipinski definition) is 5. The van der Waals surface area contributed by atoms with Crippen molar-refractivity contribution in [2.24, 2.45) is 10.9 Å². The zero-order valence-electron chi connectivity index (χ0n) is 16.0. The van der Waals surface area contributed by atoms with Gasteiger partial charge in [-0.3, -0.25) is 4.99 Å². The van der Waals surface area contributed by atoms with Gasteiger partial charge in [-0.2, -0.15) is 0 Å². The molecule has 0 unspecified atom stereocenters. The third kappa shape index (κ3) is 12.1. The summed E-state index contributed by atoms with van der Waals surface area (Å²) in [4.78, 5) is 4.45. The van der Waals surface area contributed by atoms with Crippen LogP contribution in [0.4, 0.5) is 0 Å². The van der Waals surface area contributed by atoms with Crippen molar-refractivity contribution in [2.75, 3.05) is 39.4 Å². The first kappa shape index (κ1) is 26.9. The molecule has 0 aliphatic heterocycles. The molecule has 27 heavy (non-hydrogen) atoms. The average Bonchev–Trinajstić information content (AvgIpc) is 3.01. The molecule has 0 aliphatic rings. The minimum absolute atomic E-state index is 0. The Morgan fingerprint density at radius 1 is 1.30 bits per heavy atom. The first-order valence-electron chi connectivity index (χ1n) is 8.70. The molecule has 0 saturated heterocycles. The predicted molar refractivity (Wildman–Crippen MR) is 124 cm³/mol. The Labute approximate surface area is 188 Å². The second-order valence-corrected chi connectivity index (χ2v) is 9.67. The smallest absolute Gasteiger partial charge is 0.250 e. The van der Waals surface area contributed by atoms with Crippen molar-refractivity contribution in [3.63, 3.8) is 0 Å². The topological polar surface area (TPSA) is 91.8 Å². The van der Waals surface area contributed by atoms with Crippen LogP contribution in [0.15, 0.2) is 21.3 Å². The SMILES string of the molecule is CCNC(=NCCCOCC(C)C)NCCNS(=O)(=O)c1ccc(Cl)s1.I. The molecule has 0 aromatic carbocycles. The first-order chi connectivity index (χ1) is 12.3. The summed E-state index contributed by atoms with van der Waals surface area (Å²) in [6, 6.07) is 3.06. The molecule has 0 amide bonds. The highest BCUT2D eigenvalue weighted by molar-refractivity contribution is 14.0. The third-order valence-electron chi connectivity index (χ3n) is 3.04. The van der Waals surface area contributed by atoms with Gasteiger partial charge in [-0.25, -0.2) is 13.1 Å². The van der Waals surface area contributed by atoms with E-state index in [1.54, 1.807) is 6.07 Å². The maximum Gasteiger partial charge on any atom is 0.250 e. The van der Waals surface area contributed by atoms with Gasteiger partial charge >= 0.3 is 0 Å². The zero-order chi connectivity index (χ0) is 19.4. The molecule has 0 spiro atoms. The Bertz CT molecular complexity index is 654. The van der Waals surface area contributed by atoms with E-state index in [-0.39, 0.29) is 34.7 Å². The van der Waals surface area contributed by atoms with Crippen LogP contribution in [-0.4, -0.2) is 53.8 Å². The molecule has 7 nitrogen and oxygen atoms in total. The van der Waals surface area contributed by atoms with Crippen LogP contribution in [0.1, 0.15) is 27.2 Å². The van der Waals surface area contributed by atoms with Crippen LogP contribution >= 0.6 is 46.9 Å². The van der Waals surface area contributed by atoms with Crippen molar-refractivity contribution >= 4 is 62.9 Å². The van der Waals surface area contributed by atoms with E-state index in [0.717, 1.165) is 30.9 Å². The van der Waals surface area contributed by atoms with Crippen LogP contribution in [0.3, 0.4) is 0 Å². The monoisotopic (exact) mass is 552 g/mol. The van der Waals surface area contributed by atoms with Gasteiger partial charge in [0.25, 0.3) is 0 Å². The van der Waals surface area contributed by atoms with Crippen molar-refractivity contribution in [2.45, 2.75) is 31.4 Å². The molecule has 0 atom stereocenters. The molecular weight excluding hydrogens is 523 g/mol. The Morgan fingerprint density at radius 2 is 2.04 bits per heavy atom. The highest BCUT2D eigenvalue weighted by atomic mass is 127. The second-order valence-electron chi connectivity index (χ2n) is 5.97. The molecule has 3 N–H and O–H groups in total. The van der Waals surface area contributed by atoms with Gasteiger partial charge in [-0.15, -0.1) is 35.3 Å². The average molecular weight is 553 g/mol. The van der Waals surface area contributed by atoms with Crippen LogP contribution in [0.5, 0.6) is 0 Å². The van der Waals surface area contributed by atoms with E-state index >= 15 is 0 Å². The number of rotatable bonds is 12. The number of halogens is 2. The first-order valence-corrected chi connectivity index (χ1v) is 11.4. The number of thiophene rings is 1. The number of guanidine groups is 1. The molecule has 1 aromatic heterocycles. The van der Waals surface area contributed by atoms with Crippen LogP contribution in [-0.2, 0) is 14.8 Å². The number of hydrogen-bond donors (Lipinski definition) is 3. The molecule has 0 bridgehead atoms. The number of ether oxygens (including phenoxy) is 1. The van der Waals surface area contributed by atoms with Crippen molar-refractivity contribution < 1.29 is 13.2 Å². The maximum atomic E-state index is 12.1. The molecule has 1 rings (SSSR count). The number of nitrogens with one attached hydrogen (secondary N) is 3. The van der Waals surface area contributed by atoms with E-state index < -0.39 is 10.0 Å². The van der Waals surface area contributed by atoms with Crippen molar-refractivity contribution in [3.05, 3.63) is 16.5 Å². The lowest BCUT2D eigenvalue weighted by atomic mass is 10.2. The molecular formula is C16H30ClIN4O3S2. The Hall–Kier alpha value is -0.140. The van der Waals surface area contributed by atoms with E-state index in [0.29, 0.717) is 35.9 Å². The van der Waals surface area contributed by atoms with Crippen molar-refractivity contribution in [3.8, 4) is 0 Å². The summed E-state index contributed by atoms with van der Waals surface area (Å²) in [5.41, 5.74) is 0. The molecule has 1 heterocycles. The summed E-state index contributed by atoms with van der Waals surface area (Å²) < 4.78 is 32.9. The van der Waals surface area contributed by atoms with E-state index in [1.165, 1.54) is 6.07 Å². The summed E-state index contributed by atoms with van der Waals surface area (Å²) in [6.45, 7) is 9.71. The predicted octanol–water partition coefficient (Wildman–Crippen LogP) is 2.92. The van der Waals surface area contributed by atoms with Gasteiger partial charge in [-0.1, -0.05) is 25.4 Å². The summed E-state index contributed by atoms with van der Waals surface area (Å²) in [7, 11) is -3.52. The molecule has 158 valence electrons. The van der Waals surface area contributed by atoms with Crippen molar-refractivity contribution in [1.82, 2.24) is 15.4 Å². The van der Waals surface area contributed by atoms with Gasteiger partial charge in [0.15, 0.2) is 5.96 Å². The lowest BCUT2D eigenvalue weighted by molar-refractivity contribution is 0.109. The number of sulfonamides is 1. The number of nitrogens with zero attached hydrogens (tertiary/aromatic N) is 1. The largest absolute Gasteiger partial charge is 0.381 e. The van der Waals surface area contributed by atoms with Gasteiger partial charge in [0, 0.05) is 39.4 Å². The fourth-order valence-electron chi connectivity index (χ4n) is 1.90. The van der Waals surface area contributed by atoms with Gasteiger partial charge in [0.05, 0.1) is 4.34 Å². The van der Waals surface area contributed by atoms with E-state index in [9.17, 15) is 8.42 Å². The fraction of sp³-hybridized carbons (Fsp3) is 0.688. The Kier molecular flexibility index (Phi) is 14.7. The Balaban J connectivity index is 0.00000676. The van der Waals surface area contributed by atoms with Crippen LogP contribution in [0, 0.1) is 5.92 Å². The lowest BCUT2D eigenvalue weighted by Gasteiger charge is -2.12. The summed E-state index contributed by atoms with van der Waals surface area (Å²) in [5, 5.41) is 6.24. The Morgan fingerprint density at radius 3 is 2.63 bits per heavy atom. The second kappa shape index (κ2) is 14.8.